The Hall–Kier alpha value is -2.87. The highest BCUT2D eigenvalue weighted by Crippen LogP contribution is 2.49. The fourth-order valence-corrected chi connectivity index (χ4v) is 3.87. The smallest absolute Gasteiger partial charge is 0.254 e. The number of rotatable bonds is 6. The van der Waals surface area contributed by atoms with Crippen molar-refractivity contribution in [2.24, 2.45) is 5.92 Å². The van der Waals surface area contributed by atoms with Crippen LogP contribution in [-0.4, -0.2) is 35.0 Å². The van der Waals surface area contributed by atoms with Crippen molar-refractivity contribution in [1.29, 1.82) is 0 Å². The van der Waals surface area contributed by atoms with Gasteiger partial charge in [-0.05, 0) is 44.9 Å². The third-order valence-corrected chi connectivity index (χ3v) is 5.77. The minimum atomic E-state index is -1.09. The van der Waals surface area contributed by atoms with Crippen LogP contribution in [0.4, 0.5) is 14.5 Å². The predicted octanol–water partition coefficient (Wildman–Crippen LogP) is 4.50. The van der Waals surface area contributed by atoms with Gasteiger partial charge in [0, 0.05) is 30.3 Å². The molecule has 0 saturated carbocycles. The van der Waals surface area contributed by atoms with E-state index in [1.54, 1.807) is 13.0 Å². The van der Waals surface area contributed by atoms with Crippen LogP contribution in [0.1, 0.15) is 56.6 Å². The van der Waals surface area contributed by atoms with Gasteiger partial charge in [-0.25, -0.2) is 4.39 Å². The number of amides is 1. The number of halogens is 2. The Bertz CT molecular complexity index is 1010. The van der Waals surface area contributed by atoms with Crippen molar-refractivity contribution >= 4 is 17.4 Å². The first-order valence-corrected chi connectivity index (χ1v) is 10.1. The number of Topliss-reactive ketones (excluding diaryl/α,β-unsaturated/α-hetero) is 1. The lowest BCUT2D eigenvalue weighted by atomic mass is 9.78. The normalized spacial score (nSPS) is 22.2. The van der Waals surface area contributed by atoms with E-state index in [4.69, 9.17) is 9.47 Å². The second-order valence-corrected chi connectivity index (χ2v) is 8.14. The minimum absolute atomic E-state index is 0.139. The molecule has 3 rings (SSSR count). The summed E-state index contributed by atoms with van der Waals surface area (Å²) in [5.74, 6) is -3.80. The van der Waals surface area contributed by atoms with Crippen molar-refractivity contribution in [3.8, 4) is 5.75 Å². The Balaban J connectivity index is 1.99. The zero-order valence-electron chi connectivity index (χ0n) is 18.2. The van der Waals surface area contributed by atoms with Crippen LogP contribution in [0.25, 0.3) is 0 Å². The SMILES string of the molecule is CCOc1c([C@@H]2[C@@H](C(=O)Nc3ccnc(C(C)=O)c3)OC(C)(C)[C@H]2C)ccc(F)c1F. The average molecular weight is 432 g/mol. The molecule has 8 heteroatoms. The number of pyridine rings is 1. The van der Waals surface area contributed by atoms with Crippen molar-refractivity contribution in [3.05, 3.63) is 53.4 Å². The second kappa shape index (κ2) is 8.70. The van der Waals surface area contributed by atoms with Gasteiger partial charge in [-0.15, -0.1) is 0 Å². The standard InChI is InChI=1S/C23H26F2N2O4/c1-6-30-20-15(7-8-16(24)19(20)25)18-12(2)23(4,5)31-21(18)22(29)27-14-9-10-26-17(11-14)13(3)28/h7-12,18,21H,6H2,1-5H3,(H,26,27,29)/t12-,18+,21-/m0/s1. The monoisotopic (exact) mass is 432 g/mol. The fraction of sp³-hybridized carbons (Fsp3) is 0.435. The first-order valence-electron chi connectivity index (χ1n) is 10.1. The Kier molecular flexibility index (Phi) is 6.40. The summed E-state index contributed by atoms with van der Waals surface area (Å²) in [7, 11) is 0. The number of carbonyl (C=O) groups excluding carboxylic acids is 2. The van der Waals surface area contributed by atoms with E-state index in [2.05, 4.69) is 10.3 Å². The molecule has 166 valence electrons. The molecule has 0 unspecified atom stereocenters. The van der Waals surface area contributed by atoms with Crippen LogP contribution in [0.3, 0.4) is 0 Å². The van der Waals surface area contributed by atoms with Crippen LogP contribution >= 0.6 is 0 Å². The molecule has 3 atom stereocenters. The van der Waals surface area contributed by atoms with Crippen molar-refractivity contribution < 1.29 is 27.8 Å². The van der Waals surface area contributed by atoms with E-state index in [0.29, 0.717) is 11.3 Å². The molecule has 6 nitrogen and oxygen atoms in total. The Morgan fingerprint density at radius 2 is 1.97 bits per heavy atom. The summed E-state index contributed by atoms with van der Waals surface area (Å²) >= 11 is 0. The van der Waals surface area contributed by atoms with Crippen LogP contribution < -0.4 is 10.1 Å². The van der Waals surface area contributed by atoms with Gasteiger partial charge in [-0.3, -0.25) is 14.6 Å². The lowest BCUT2D eigenvalue weighted by Gasteiger charge is -2.26. The van der Waals surface area contributed by atoms with E-state index in [0.717, 1.165) is 6.07 Å². The molecule has 1 aromatic carbocycles. The third kappa shape index (κ3) is 4.44. The van der Waals surface area contributed by atoms with Crippen LogP contribution in [0.2, 0.25) is 0 Å². The van der Waals surface area contributed by atoms with Crippen LogP contribution in [0.15, 0.2) is 30.5 Å². The number of benzene rings is 1. The zero-order chi connectivity index (χ0) is 22.9. The van der Waals surface area contributed by atoms with Crippen molar-refractivity contribution in [2.75, 3.05) is 11.9 Å². The van der Waals surface area contributed by atoms with E-state index in [1.165, 1.54) is 25.3 Å². The van der Waals surface area contributed by atoms with Crippen LogP contribution in [0.5, 0.6) is 5.75 Å². The number of aromatic nitrogens is 1. The number of nitrogens with one attached hydrogen (secondary N) is 1. The third-order valence-electron chi connectivity index (χ3n) is 5.77. The number of ketones is 1. The minimum Gasteiger partial charge on any atom is -0.490 e. The van der Waals surface area contributed by atoms with Crippen molar-refractivity contribution in [2.45, 2.75) is 52.2 Å². The van der Waals surface area contributed by atoms with Gasteiger partial charge in [0.15, 0.2) is 17.3 Å². The molecular formula is C23H26F2N2O4. The van der Waals surface area contributed by atoms with E-state index in [-0.39, 0.29) is 29.8 Å². The molecule has 1 fully saturated rings. The Labute approximate surface area is 180 Å². The molecule has 31 heavy (non-hydrogen) atoms. The van der Waals surface area contributed by atoms with Gasteiger partial charge >= 0.3 is 0 Å². The van der Waals surface area contributed by atoms with Crippen LogP contribution in [0, 0.1) is 17.6 Å². The van der Waals surface area contributed by atoms with E-state index in [1.807, 2.05) is 20.8 Å². The molecule has 1 aliphatic rings. The molecule has 0 radical (unpaired) electrons. The second-order valence-electron chi connectivity index (χ2n) is 8.14. The molecule has 0 aliphatic carbocycles. The largest absolute Gasteiger partial charge is 0.490 e. The number of nitrogens with zero attached hydrogens (tertiary/aromatic N) is 1. The summed E-state index contributed by atoms with van der Waals surface area (Å²) in [6.45, 7) is 8.78. The topological polar surface area (TPSA) is 77.5 Å². The van der Waals surface area contributed by atoms with E-state index >= 15 is 0 Å². The number of carbonyl (C=O) groups is 2. The van der Waals surface area contributed by atoms with Gasteiger partial charge in [0.25, 0.3) is 5.91 Å². The van der Waals surface area contributed by atoms with Gasteiger partial charge in [0.2, 0.25) is 5.82 Å². The molecular weight excluding hydrogens is 406 g/mol. The number of ether oxygens (including phenoxy) is 2. The van der Waals surface area contributed by atoms with Gasteiger partial charge in [-0.1, -0.05) is 13.0 Å². The molecule has 1 aliphatic heterocycles. The van der Waals surface area contributed by atoms with Gasteiger partial charge in [0.05, 0.1) is 12.2 Å². The number of anilines is 1. The number of hydrogen-bond acceptors (Lipinski definition) is 5. The summed E-state index contributed by atoms with van der Waals surface area (Å²) < 4.78 is 39.9. The summed E-state index contributed by atoms with van der Waals surface area (Å²) in [6.07, 6.45) is 0.442. The van der Waals surface area contributed by atoms with Crippen LogP contribution in [-0.2, 0) is 9.53 Å². The molecule has 0 bridgehead atoms. The average Bonchev–Trinajstić information content (AvgIpc) is 2.96. The van der Waals surface area contributed by atoms with Crippen molar-refractivity contribution in [3.63, 3.8) is 0 Å². The first kappa shape index (κ1) is 22.8. The van der Waals surface area contributed by atoms with Gasteiger partial charge < -0.3 is 14.8 Å². The highest BCUT2D eigenvalue weighted by Gasteiger charge is 2.51. The summed E-state index contributed by atoms with van der Waals surface area (Å²) in [6, 6.07) is 5.51. The van der Waals surface area contributed by atoms with Crippen molar-refractivity contribution in [1.82, 2.24) is 4.98 Å². The maximum absolute atomic E-state index is 14.5. The molecule has 1 aromatic heterocycles. The first-order chi connectivity index (χ1) is 14.6. The molecule has 1 amide bonds. The Morgan fingerprint density at radius 3 is 2.61 bits per heavy atom. The molecule has 2 heterocycles. The molecule has 1 saturated heterocycles. The zero-order valence-corrected chi connectivity index (χ0v) is 18.2. The summed E-state index contributed by atoms with van der Waals surface area (Å²) in [5, 5.41) is 2.75. The maximum Gasteiger partial charge on any atom is 0.254 e. The Morgan fingerprint density at radius 1 is 1.26 bits per heavy atom. The van der Waals surface area contributed by atoms with Gasteiger partial charge in [0.1, 0.15) is 11.8 Å². The summed E-state index contributed by atoms with van der Waals surface area (Å²) in [5.41, 5.74) is 0.275. The molecule has 0 spiro atoms. The lowest BCUT2D eigenvalue weighted by Crippen LogP contribution is -2.33. The molecule has 1 N–H and O–H groups in total. The number of hydrogen-bond donors (Lipinski definition) is 1. The quantitative estimate of drug-likeness (QED) is 0.681. The van der Waals surface area contributed by atoms with E-state index < -0.39 is 35.2 Å². The fourth-order valence-electron chi connectivity index (χ4n) is 3.87. The summed E-state index contributed by atoms with van der Waals surface area (Å²) in [4.78, 5) is 28.7. The highest BCUT2D eigenvalue weighted by atomic mass is 19.2. The highest BCUT2D eigenvalue weighted by molar-refractivity contribution is 5.97. The lowest BCUT2D eigenvalue weighted by molar-refractivity contribution is -0.131. The predicted molar refractivity (Wildman–Crippen MR) is 111 cm³/mol. The maximum atomic E-state index is 14.5. The van der Waals surface area contributed by atoms with E-state index in [9.17, 15) is 18.4 Å². The van der Waals surface area contributed by atoms with Gasteiger partial charge in [-0.2, -0.15) is 4.39 Å². The molecule has 2 aromatic rings.